The molecule has 0 aliphatic rings. The molecule has 0 spiro atoms. The molecule has 0 unspecified atom stereocenters. The molecular formula is C15H18N2O3. The smallest absolute Gasteiger partial charge is 0.307 e. The Hall–Kier alpha value is -2.30. The fourth-order valence-electron chi connectivity index (χ4n) is 1.85. The topological polar surface area (TPSA) is 64.3 Å². The van der Waals surface area contributed by atoms with Gasteiger partial charge in [0.2, 0.25) is 0 Å². The number of aliphatic carboxylic acids is 1. The molecule has 20 heavy (non-hydrogen) atoms. The Labute approximate surface area is 117 Å². The van der Waals surface area contributed by atoms with Crippen molar-refractivity contribution >= 4 is 5.97 Å². The molecule has 0 amide bonds. The summed E-state index contributed by atoms with van der Waals surface area (Å²) < 4.78 is 7.54. The predicted molar refractivity (Wildman–Crippen MR) is 74.7 cm³/mol. The monoisotopic (exact) mass is 274 g/mol. The second kappa shape index (κ2) is 6.23. The van der Waals surface area contributed by atoms with Gasteiger partial charge in [-0.1, -0.05) is 18.2 Å². The SMILES string of the molecule is CC(C)n1ccc(COc2ccccc2CC(=O)O)n1. The van der Waals surface area contributed by atoms with E-state index in [2.05, 4.69) is 18.9 Å². The Balaban J connectivity index is 2.04. The quantitative estimate of drug-likeness (QED) is 0.879. The van der Waals surface area contributed by atoms with Crippen LogP contribution in [0.4, 0.5) is 0 Å². The van der Waals surface area contributed by atoms with Gasteiger partial charge in [0, 0.05) is 17.8 Å². The van der Waals surface area contributed by atoms with Crippen molar-refractivity contribution in [3.8, 4) is 5.75 Å². The molecule has 5 heteroatoms. The van der Waals surface area contributed by atoms with E-state index in [0.717, 1.165) is 5.69 Å². The highest BCUT2D eigenvalue weighted by Gasteiger charge is 2.08. The van der Waals surface area contributed by atoms with E-state index in [1.807, 2.05) is 23.0 Å². The molecule has 1 aromatic carbocycles. The zero-order valence-electron chi connectivity index (χ0n) is 11.6. The van der Waals surface area contributed by atoms with Gasteiger partial charge in [0.15, 0.2) is 0 Å². The fourth-order valence-corrected chi connectivity index (χ4v) is 1.85. The predicted octanol–water partition coefficient (Wildman–Crippen LogP) is 2.67. The van der Waals surface area contributed by atoms with Gasteiger partial charge in [0.1, 0.15) is 12.4 Å². The van der Waals surface area contributed by atoms with E-state index in [1.165, 1.54) is 0 Å². The third-order valence-electron chi connectivity index (χ3n) is 2.88. The lowest BCUT2D eigenvalue weighted by Gasteiger charge is -2.09. The van der Waals surface area contributed by atoms with Crippen LogP contribution in [-0.4, -0.2) is 20.9 Å². The lowest BCUT2D eigenvalue weighted by atomic mass is 10.1. The lowest BCUT2D eigenvalue weighted by Crippen LogP contribution is -2.05. The summed E-state index contributed by atoms with van der Waals surface area (Å²) in [5.74, 6) is -0.279. The summed E-state index contributed by atoms with van der Waals surface area (Å²) in [4.78, 5) is 10.8. The first-order valence-corrected chi connectivity index (χ1v) is 6.53. The van der Waals surface area contributed by atoms with Gasteiger partial charge in [-0.2, -0.15) is 5.10 Å². The maximum atomic E-state index is 10.8. The molecule has 1 aromatic heterocycles. The molecule has 106 valence electrons. The minimum Gasteiger partial charge on any atom is -0.487 e. The van der Waals surface area contributed by atoms with Crippen molar-refractivity contribution in [1.29, 1.82) is 0 Å². The zero-order chi connectivity index (χ0) is 14.5. The van der Waals surface area contributed by atoms with Crippen LogP contribution >= 0.6 is 0 Å². The van der Waals surface area contributed by atoms with Crippen molar-refractivity contribution < 1.29 is 14.6 Å². The Kier molecular flexibility index (Phi) is 4.40. The highest BCUT2D eigenvalue weighted by molar-refractivity contribution is 5.71. The number of aromatic nitrogens is 2. The summed E-state index contributed by atoms with van der Waals surface area (Å²) in [6, 6.07) is 9.38. The van der Waals surface area contributed by atoms with Crippen LogP contribution < -0.4 is 4.74 Å². The molecule has 0 fully saturated rings. The average molecular weight is 274 g/mol. The van der Waals surface area contributed by atoms with Crippen molar-refractivity contribution in [1.82, 2.24) is 9.78 Å². The number of hydrogen-bond donors (Lipinski definition) is 1. The third kappa shape index (κ3) is 3.60. The Morgan fingerprint density at radius 2 is 2.10 bits per heavy atom. The number of carbonyl (C=O) groups is 1. The first-order chi connectivity index (χ1) is 9.56. The van der Waals surface area contributed by atoms with E-state index in [-0.39, 0.29) is 6.42 Å². The first-order valence-electron chi connectivity index (χ1n) is 6.53. The largest absolute Gasteiger partial charge is 0.487 e. The maximum Gasteiger partial charge on any atom is 0.307 e. The number of carboxylic acids is 1. The lowest BCUT2D eigenvalue weighted by molar-refractivity contribution is -0.136. The maximum absolute atomic E-state index is 10.8. The normalized spacial score (nSPS) is 10.8. The highest BCUT2D eigenvalue weighted by Crippen LogP contribution is 2.19. The van der Waals surface area contributed by atoms with E-state index in [4.69, 9.17) is 9.84 Å². The summed E-state index contributed by atoms with van der Waals surface area (Å²) in [5, 5.41) is 13.3. The van der Waals surface area contributed by atoms with Crippen LogP contribution in [0.1, 0.15) is 31.1 Å². The molecule has 0 atom stereocenters. The fraction of sp³-hybridized carbons (Fsp3) is 0.333. The summed E-state index contributed by atoms with van der Waals surface area (Å²) in [6.45, 7) is 4.44. The summed E-state index contributed by atoms with van der Waals surface area (Å²) in [7, 11) is 0. The van der Waals surface area contributed by atoms with E-state index < -0.39 is 5.97 Å². The zero-order valence-corrected chi connectivity index (χ0v) is 11.6. The van der Waals surface area contributed by atoms with E-state index in [0.29, 0.717) is 24.0 Å². The van der Waals surface area contributed by atoms with Crippen LogP contribution in [-0.2, 0) is 17.8 Å². The molecule has 0 aliphatic carbocycles. The van der Waals surface area contributed by atoms with Crippen LogP contribution in [0.25, 0.3) is 0 Å². The van der Waals surface area contributed by atoms with Gasteiger partial charge in [-0.25, -0.2) is 0 Å². The molecule has 2 aromatic rings. The van der Waals surface area contributed by atoms with Gasteiger partial charge in [0.05, 0.1) is 12.1 Å². The summed E-state index contributed by atoms with van der Waals surface area (Å²) in [5.41, 5.74) is 1.49. The second-order valence-corrected chi connectivity index (χ2v) is 4.85. The van der Waals surface area contributed by atoms with Crippen LogP contribution in [0.2, 0.25) is 0 Å². The summed E-state index contributed by atoms with van der Waals surface area (Å²) >= 11 is 0. The van der Waals surface area contributed by atoms with E-state index in [9.17, 15) is 4.79 Å². The van der Waals surface area contributed by atoms with Gasteiger partial charge < -0.3 is 9.84 Å². The number of benzene rings is 1. The Bertz CT molecular complexity index is 590. The Morgan fingerprint density at radius 3 is 2.75 bits per heavy atom. The van der Waals surface area contributed by atoms with Crippen molar-refractivity contribution in [2.45, 2.75) is 32.9 Å². The molecule has 0 bridgehead atoms. The molecule has 1 N–H and O–H groups in total. The number of ether oxygens (including phenoxy) is 1. The van der Waals surface area contributed by atoms with Crippen molar-refractivity contribution in [3.63, 3.8) is 0 Å². The van der Waals surface area contributed by atoms with Gasteiger partial charge in [0.25, 0.3) is 0 Å². The van der Waals surface area contributed by atoms with Crippen LogP contribution in [0.5, 0.6) is 5.75 Å². The number of nitrogens with zero attached hydrogens (tertiary/aromatic N) is 2. The molecule has 1 heterocycles. The standard InChI is InChI=1S/C15H18N2O3/c1-11(2)17-8-7-13(16-17)10-20-14-6-4-3-5-12(14)9-15(18)19/h3-8,11H,9-10H2,1-2H3,(H,18,19). The van der Waals surface area contributed by atoms with E-state index >= 15 is 0 Å². The number of rotatable bonds is 6. The van der Waals surface area contributed by atoms with Crippen molar-refractivity contribution in [3.05, 3.63) is 47.8 Å². The molecular weight excluding hydrogens is 256 g/mol. The number of hydrogen-bond acceptors (Lipinski definition) is 3. The van der Waals surface area contributed by atoms with Crippen LogP contribution in [0, 0.1) is 0 Å². The Morgan fingerprint density at radius 1 is 1.35 bits per heavy atom. The minimum absolute atomic E-state index is 0.0450. The minimum atomic E-state index is -0.870. The molecule has 0 saturated heterocycles. The number of carboxylic acid groups (broad SMARTS) is 1. The molecule has 2 rings (SSSR count). The molecule has 5 nitrogen and oxygen atoms in total. The summed E-state index contributed by atoms with van der Waals surface area (Å²) in [6.07, 6.45) is 1.86. The highest BCUT2D eigenvalue weighted by atomic mass is 16.5. The molecule has 0 radical (unpaired) electrons. The van der Waals surface area contributed by atoms with Crippen LogP contribution in [0.15, 0.2) is 36.5 Å². The first kappa shape index (κ1) is 14.1. The van der Waals surface area contributed by atoms with Gasteiger partial charge >= 0.3 is 5.97 Å². The van der Waals surface area contributed by atoms with Crippen molar-refractivity contribution in [2.24, 2.45) is 0 Å². The average Bonchev–Trinajstić information content (AvgIpc) is 2.86. The van der Waals surface area contributed by atoms with Gasteiger partial charge in [-0.05, 0) is 26.0 Å². The second-order valence-electron chi connectivity index (χ2n) is 4.85. The molecule has 0 aliphatic heterocycles. The van der Waals surface area contributed by atoms with Gasteiger partial charge in [-0.15, -0.1) is 0 Å². The third-order valence-corrected chi connectivity index (χ3v) is 2.88. The number of para-hydroxylation sites is 1. The van der Waals surface area contributed by atoms with Crippen molar-refractivity contribution in [2.75, 3.05) is 0 Å². The van der Waals surface area contributed by atoms with E-state index in [1.54, 1.807) is 18.2 Å². The molecule has 0 saturated carbocycles. The van der Waals surface area contributed by atoms with Gasteiger partial charge in [-0.3, -0.25) is 9.48 Å². The van der Waals surface area contributed by atoms with Crippen LogP contribution in [0.3, 0.4) is 0 Å².